The van der Waals surface area contributed by atoms with E-state index in [4.69, 9.17) is 5.73 Å². The van der Waals surface area contributed by atoms with Gasteiger partial charge < -0.3 is 15.5 Å². The Morgan fingerprint density at radius 2 is 2.05 bits per heavy atom. The number of nitrogens with zero attached hydrogens (tertiary/aromatic N) is 5. The van der Waals surface area contributed by atoms with Gasteiger partial charge in [-0.05, 0) is 24.7 Å². The van der Waals surface area contributed by atoms with Gasteiger partial charge in [0.15, 0.2) is 5.96 Å². The summed E-state index contributed by atoms with van der Waals surface area (Å²) in [6.07, 6.45) is 6.16. The standard InChI is InChI=1S/C14H22N6S/c15-13(18-11-12-3-1-10-21-12)19-6-8-20(9-7-19)14-16-4-2-5-17-14/h2,4-5,12H,1,3,6-11H2,(H2,15,18). The van der Waals surface area contributed by atoms with Crippen LogP contribution in [0.5, 0.6) is 0 Å². The number of hydrogen-bond donors (Lipinski definition) is 1. The topological polar surface area (TPSA) is 70.6 Å². The van der Waals surface area contributed by atoms with Gasteiger partial charge in [0, 0.05) is 43.8 Å². The van der Waals surface area contributed by atoms with Crippen molar-refractivity contribution in [1.29, 1.82) is 0 Å². The molecule has 7 heteroatoms. The molecule has 1 aromatic heterocycles. The second-order valence-corrected chi connectivity index (χ2v) is 6.77. The number of hydrogen-bond acceptors (Lipinski definition) is 5. The van der Waals surface area contributed by atoms with Gasteiger partial charge in [0.1, 0.15) is 0 Å². The first-order valence-corrected chi connectivity index (χ1v) is 8.56. The average Bonchev–Trinajstić information content (AvgIpc) is 3.07. The number of rotatable bonds is 3. The van der Waals surface area contributed by atoms with Crippen molar-refractivity contribution in [3.05, 3.63) is 18.5 Å². The van der Waals surface area contributed by atoms with Crippen LogP contribution < -0.4 is 10.6 Å². The highest BCUT2D eigenvalue weighted by Gasteiger charge is 2.20. The van der Waals surface area contributed by atoms with Crippen molar-refractivity contribution < 1.29 is 0 Å². The van der Waals surface area contributed by atoms with E-state index in [0.29, 0.717) is 11.2 Å². The van der Waals surface area contributed by atoms with E-state index >= 15 is 0 Å². The van der Waals surface area contributed by atoms with Gasteiger partial charge >= 0.3 is 0 Å². The summed E-state index contributed by atoms with van der Waals surface area (Å²) < 4.78 is 0. The van der Waals surface area contributed by atoms with Crippen molar-refractivity contribution in [1.82, 2.24) is 14.9 Å². The fourth-order valence-corrected chi connectivity index (χ4v) is 3.85. The molecule has 0 bridgehead atoms. The van der Waals surface area contributed by atoms with E-state index < -0.39 is 0 Å². The van der Waals surface area contributed by atoms with Gasteiger partial charge in [0.2, 0.25) is 5.95 Å². The molecule has 1 atom stereocenters. The molecule has 1 aromatic rings. The van der Waals surface area contributed by atoms with E-state index in [9.17, 15) is 0 Å². The van der Waals surface area contributed by atoms with Crippen LogP contribution in [0.3, 0.4) is 0 Å². The van der Waals surface area contributed by atoms with Crippen molar-refractivity contribution >= 4 is 23.7 Å². The lowest BCUT2D eigenvalue weighted by molar-refractivity contribution is 0.378. The van der Waals surface area contributed by atoms with Crippen LogP contribution >= 0.6 is 11.8 Å². The summed E-state index contributed by atoms with van der Waals surface area (Å²) in [4.78, 5) is 17.5. The first-order chi connectivity index (χ1) is 10.3. The fraction of sp³-hybridized carbons (Fsp3) is 0.643. The maximum absolute atomic E-state index is 6.13. The fourth-order valence-electron chi connectivity index (χ4n) is 2.67. The summed E-state index contributed by atoms with van der Waals surface area (Å²) in [7, 11) is 0. The van der Waals surface area contributed by atoms with Gasteiger partial charge in [-0.2, -0.15) is 11.8 Å². The van der Waals surface area contributed by atoms with Crippen molar-refractivity contribution in [3.63, 3.8) is 0 Å². The predicted octanol–water partition coefficient (Wildman–Crippen LogP) is 0.809. The summed E-state index contributed by atoms with van der Waals surface area (Å²) in [5.74, 6) is 2.77. The summed E-state index contributed by atoms with van der Waals surface area (Å²) in [6, 6.07) is 1.84. The largest absolute Gasteiger partial charge is 0.370 e. The first-order valence-electron chi connectivity index (χ1n) is 7.51. The van der Waals surface area contributed by atoms with Crippen molar-refractivity contribution in [3.8, 4) is 0 Å². The second kappa shape index (κ2) is 6.98. The van der Waals surface area contributed by atoms with Gasteiger partial charge in [-0.15, -0.1) is 0 Å². The molecule has 2 aliphatic heterocycles. The number of nitrogens with two attached hydrogens (primary N) is 1. The number of aromatic nitrogens is 2. The van der Waals surface area contributed by atoms with Crippen LogP contribution in [0.2, 0.25) is 0 Å². The van der Waals surface area contributed by atoms with Gasteiger partial charge in [-0.1, -0.05) is 0 Å². The molecule has 2 aliphatic rings. The van der Waals surface area contributed by atoms with E-state index in [-0.39, 0.29) is 0 Å². The van der Waals surface area contributed by atoms with E-state index in [0.717, 1.165) is 38.7 Å². The molecule has 2 fully saturated rings. The maximum atomic E-state index is 6.13. The first kappa shape index (κ1) is 14.4. The van der Waals surface area contributed by atoms with Crippen molar-refractivity contribution in [2.45, 2.75) is 18.1 Å². The van der Waals surface area contributed by atoms with Gasteiger partial charge in [0.05, 0.1) is 6.54 Å². The SMILES string of the molecule is NC(=NCC1CCCS1)N1CCN(c2ncccn2)CC1. The van der Waals surface area contributed by atoms with Crippen LogP contribution in [0.15, 0.2) is 23.5 Å². The minimum absolute atomic E-state index is 0.669. The Kier molecular flexibility index (Phi) is 4.80. The van der Waals surface area contributed by atoms with E-state index in [1.54, 1.807) is 12.4 Å². The zero-order chi connectivity index (χ0) is 14.5. The molecule has 3 heterocycles. The molecule has 1 unspecified atom stereocenters. The lowest BCUT2D eigenvalue weighted by Crippen LogP contribution is -2.51. The third-order valence-corrected chi connectivity index (χ3v) is 5.30. The summed E-state index contributed by atoms with van der Waals surface area (Å²) >= 11 is 2.02. The van der Waals surface area contributed by atoms with E-state index in [2.05, 4.69) is 24.8 Å². The Morgan fingerprint density at radius 3 is 2.71 bits per heavy atom. The van der Waals surface area contributed by atoms with E-state index in [1.165, 1.54) is 18.6 Å². The average molecular weight is 306 g/mol. The Labute approximate surface area is 129 Å². The normalized spacial score (nSPS) is 23.6. The van der Waals surface area contributed by atoms with Gasteiger partial charge in [-0.25, -0.2) is 9.97 Å². The zero-order valence-electron chi connectivity index (χ0n) is 12.2. The molecule has 2 saturated heterocycles. The van der Waals surface area contributed by atoms with Crippen LogP contribution in [-0.2, 0) is 0 Å². The molecular weight excluding hydrogens is 284 g/mol. The molecule has 2 N–H and O–H groups in total. The number of anilines is 1. The molecule has 6 nitrogen and oxygen atoms in total. The number of aliphatic imine (C=N–C) groups is 1. The van der Waals surface area contributed by atoms with Crippen LogP contribution in [0, 0.1) is 0 Å². The van der Waals surface area contributed by atoms with Crippen LogP contribution in [0.4, 0.5) is 5.95 Å². The minimum Gasteiger partial charge on any atom is -0.370 e. The highest BCUT2D eigenvalue weighted by atomic mass is 32.2. The van der Waals surface area contributed by atoms with E-state index in [1.807, 2.05) is 17.8 Å². The van der Waals surface area contributed by atoms with Crippen LogP contribution in [0.1, 0.15) is 12.8 Å². The molecule has 3 rings (SSSR count). The summed E-state index contributed by atoms with van der Waals surface area (Å²) in [5, 5.41) is 0.669. The lowest BCUT2D eigenvalue weighted by atomic mass is 10.2. The number of guanidine groups is 1. The number of piperazine rings is 1. The molecule has 0 saturated carbocycles. The minimum atomic E-state index is 0.669. The molecule has 21 heavy (non-hydrogen) atoms. The third kappa shape index (κ3) is 3.78. The summed E-state index contributed by atoms with van der Waals surface area (Å²) in [6.45, 7) is 4.39. The van der Waals surface area contributed by atoms with Crippen molar-refractivity contribution in [2.24, 2.45) is 10.7 Å². The molecule has 114 valence electrons. The van der Waals surface area contributed by atoms with Crippen LogP contribution in [-0.4, -0.2) is 64.6 Å². The molecule has 0 amide bonds. The molecule has 0 radical (unpaired) electrons. The zero-order valence-corrected chi connectivity index (χ0v) is 13.0. The predicted molar refractivity (Wildman–Crippen MR) is 87.8 cm³/mol. The Morgan fingerprint density at radius 1 is 1.29 bits per heavy atom. The van der Waals surface area contributed by atoms with Crippen molar-refractivity contribution in [2.75, 3.05) is 43.4 Å². The highest BCUT2D eigenvalue weighted by molar-refractivity contribution is 8.00. The Hall–Kier alpha value is -1.50. The maximum Gasteiger partial charge on any atom is 0.225 e. The van der Waals surface area contributed by atoms with Crippen LogP contribution in [0.25, 0.3) is 0 Å². The smallest absolute Gasteiger partial charge is 0.225 e. The molecule has 0 aliphatic carbocycles. The van der Waals surface area contributed by atoms with Gasteiger partial charge in [0.25, 0.3) is 0 Å². The molecule has 0 spiro atoms. The Balaban J connectivity index is 1.49. The Bertz CT molecular complexity index is 466. The third-order valence-electron chi connectivity index (χ3n) is 3.92. The number of thioether (sulfide) groups is 1. The second-order valence-electron chi connectivity index (χ2n) is 5.36. The quantitative estimate of drug-likeness (QED) is 0.658. The van der Waals surface area contributed by atoms with Gasteiger partial charge in [-0.3, -0.25) is 4.99 Å². The molecular formula is C14H22N6S. The highest BCUT2D eigenvalue weighted by Crippen LogP contribution is 2.26. The summed E-state index contributed by atoms with van der Waals surface area (Å²) in [5.41, 5.74) is 6.13. The lowest BCUT2D eigenvalue weighted by Gasteiger charge is -2.35. The monoisotopic (exact) mass is 306 g/mol. The molecule has 0 aromatic carbocycles.